The molecule has 2 rings (SSSR count). The molecule has 0 atom stereocenters. The number of nitrogens with zero attached hydrogens (tertiary/aromatic N) is 2. The van der Waals surface area contributed by atoms with E-state index in [1.54, 1.807) is 6.08 Å². The summed E-state index contributed by atoms with van der Waals surface area (Å²) in [5.41, 5.74) is 3.93. The Morgan fingerprint density at radius 1 is 1.47 bits per heavy atom. The highest BCUT2D eigenvalue weighted by molar-refractivity contribution is 5.95. The zero-order chi connectivity index (χ0) is 17.4. The number of aromatic nitrogens is 2. The van der Waals surface area contributed by atoms with Gasteiger partial charge in [-0.25, -0.2) is 9.97 Å². The lowest BCUT2D eigenvalue weighted by Gasteiger charge is -2.14. The van der Waals surface area contributed by atoms with Crippen molar-refractivity contribution in [1.29, 1.82) is 0 Å². The Morgan fingerprint density at radius 3 is 2.65 bits per heavy atom. The second kappa shape index (κ2) is 4.63. The Labute approximate surface area is 109 Å². The molecule has 1 aliphatic heterocycles. The molecule has 1 aliphatic rings. The van der Waals surface area contributed by atoms with Crippen LogP contribution in [0.5, 0.6) is 0 Å². The smallest absolute Gasteiger partial charge is 0.252 e. The lowest BCUT2D eigenvalue weighted by Crippen LogP contribution is -2.22. The molecular formula is C12H16N4O. The van der Waals surface area contributed by atoms with E-state index < -0.39 is 36.6 Å². The molecule has 5 heteroatoms. The van der Waals surface area contributed by atoms with Gasteiger partial charge in [-0.2, -0.15) is 0 Å². The normalized spacial score (nSPS) is 22.2. The Hall–Kier alpha value is -1.75. The van der Waals surface area contributed by atoms with Gasteiger partial charge in [0.05, 0.1) is 17.0 Å². The molecule has 0 spiro atoms. The number of carbonyl (C=O) groups excluding carboxylic acids is 1. The topological polar surface area (TPSA) is 80.9 Å². The van der Waals surface area contributed by atoms with Crippen LogP contribution in [-0.4, -0.2) is 29.0 Å². The van der Waals surface area contributed by atoms with Gasteiger partial charge in [0.15, 0.2) is 5.82 Å². The number of rotatable bonds is 2. The van der Waals surface area contributed by atoms with Crippen molar-refractivity contribution >= 4 is 11.5 Å². The zero-order valence-corrected chi connectivity index (χ0v) is 9.08. The molecule has 0 bridgehead atoms. The highest BCUT2D eigenvalue weighted by Crippen LogP contribution is 2.18. The van der Waals surface area contributed by atoms with Crippen molar-refractivity contribution in [3.05, 3.63) is 28.9 Å². The molecule has 1 aromatic heterocycles. The van der Waals surface area contributed by atoms with E-state index in [4.69, 9.17) is 14.0 Å². The minimum Gasteiger partial charge on any atom is -0.365 e. The summed E-state index contributed by atoms with van der Waals surface area (Å²) in [4.78, 5) is 19.5. The summed E-state index contributed by atoms with van der Waals surface area (Å²) < 4.78 is 45.2. The average molecular weight is 238 g/mol. The molecule has 3 N–H and O–H groups in total. The number of amides is 1. The highest BCUT2D eigenvalue weighted by atomic mass is 16.1. The number of nitrogens with two attached hydrogens (primary N) is 1. The molecule has 0 aliphatic carbocycles. The van der Waals surface area contributed by atoms with E-state index in [0.29, 0.717) is 25.1 Å². The fourth-order valence-corrected chi connectivity index (χ4v) is 1.66. The molecular weight excluding hydrogens is 216 g/mol. The minimum atomic E-state index is -2.78. The molecule has 0 saturated heterocycles. The van der Waals surface area contributed by atoms with Gasteiger partial charge >= 0.3 is 0 Å². The van der Waals surface area contributed by atoms with E-state index in [-0.39, 0.29) is 5.82 Å². The molecule has 5 nitrogen and oxygen atoms in total. The van der Waals surface area contributed by atoms with Crippen LogP contribution in [0.15, 0.2) is 6.08 Å². The molecule has 17 heavy (non-hydrogen) atoms. The van der Waals surface area contributed by atoms with Crippen LogP contribution < -0.4 is 11.1 Å². The van der Waals surface area contributed by atoms with Gasteiger partial charge in [-0.15, -0.1) is 0 Å². The lowest BCUT2D eigenvalue weighted by atomic mass is 10.1. The van der Waals surface area contributed by atoms with Gasteiger partial charge in [0.1, 0.15) is 0 Å². The summed E-state index contributed by atoms with van der Waals surface area (Å²) >= 11 is 0. The SMILES string of the molecule is [2H]C([2H])([2H])c1nc(C2=CCNCC2)nc(C([2H])([2H])[2H])c1C(N)=O. The van der Waals surface area contributed by atoms with Crippen LogP contribution in [0.4, 0.5) is 0 Å². The summed E-state index contributed by atoms with van der Waals surface area (Å²) in [6, 6.07) is 0. The summed E-state index contributed by atoms with van der Waals surface area (Å²) in [5, 5.41) is 3.08. The maximum Gasteiger partial charge on any atom is 0.252 e. The number of hydrogen-bond donors (Lipinski definition) is 2. The van der Waals surface area contributed by atoms with E-state index in [9.17, 15) is 4.79 Å². The van der Waals surface area contributed by atoms with Crippen molar-refractivity contribution < 1.29 is 13.0 Å². The third kappa shape index (κ3) is 2.34. The van der Waals surface area contributed by atoms with E-state index in [0.717, 1.165) is 0 Å². The van der Waals surface area contributed by atoms with Crippen molar-refractivity contribution in [2.24, 2.45) is 5.73 Å². The number of nitrogens with one attached hydrogen (secondary N) is 1. The van der Waals surface area contributed by atoms with Crippen LogP contribution in [0.25, 0.3) is 5.57 Å². The maximum absolute atomic E-state index is 11.6. The molecule has 1 aromatic rings. The summed E-state index contributed by atoms with van der Waals surface area (Å²) in [6.07, 6.45) is 2.28. The lowest BCUT2D eigenvalue weighted by molar-refractivity contribution is 0.0998. The summed E-state index contributed by atoms with van der Waals surface area (Å²) in [7, 11) is 0. The van der Waals surface area contributed by atoms with Gasteiger partial charge in [-0.3, -0.25) is 4.79 Å². The van der Waals surface area contributed by atoms with E-state index in [1.165, 1.54) is 0 Å². The Morgan fingerprint density at radius 2 is 2.18 bits per heavy atom. The van der Waals surface area contributed by atoms with Crippen molar-refractivity contribution in [1.82, 2.24) is 15.3 Å². The molecule has 0 radical (unpaired) electrons. The summed E-state index contributed by atoms with van der Waals surface area (Å²) in [5.74, 6) is -1.16. The third-order valence-electron chi connectivity index (χ3n) is 2.51. The fraction of sp³-hybridized carbons (Fsp3) is 0.417. The number of aryl methyl sites for hydroxylation is 2. The molecule has 1 amide bonds. The first-order valence-electron chi connectivity index (χ1n) is 8.14. The molecule has 90 valence electrons. The standard InChI is InChI=1S/C12H16N4O/c1-7-10(11(13)17)8(2)16-12(15-7)9-3-5-14-6-4-9/h3,14H,4-6H2,1-2H3,(H2,13,17)/i1D3,2D3. The van der Waals surface area contributed by atoms with Gasteiger partial charge in [-0.05, 0) is 32.2 Å². The van der Waals surface area contributed by atoms with Crippen LogP contribution in [0.2, 0.25) is 0 Å². The van der Waals surface area contributed by atoms with Crippen LogP contribution in [-0.2, 0) is 0 Å². The number of hydrogen-bond acceptors (Lipinski definition) is 4. The van der Waals surface area contributed by atoms with Crippen LogP contribution >= 0.6 is 0 Å². The van der Waals surface area contributed by atoms with E-state index in [2.05, 4.69) is 15.3 Å². The van der Waals surface area contributed by atoms with E-state index >= 15 is 0 Å². The fourth-order valence-electron chi connectivity index (χ4n) is 1.66. The van der Waals surface area contributed by atoms with Crippen LogP contribution in [0, 0.1) is 13.7 Å². The summed E-state index contributed by atoms with van der Waals surface area (Å²) in [6.45, 7) is -4.38. The van der Waals surface area contributed by atoms with Gasteiger partial charge in [-0.1, -0.05) is 6.08 Å². The molecule has 0 unspecified atom stereocenters. The second-order valence-electron chi connectivity index (χ2n) is 3.67. The van der Waals surface area contributed by atoms with Crippen molar-refractivity contribution in [3.8, 4) is 0 Å². The highest BCUT2D eigenvalue weighted by Gasteiger charge is 2.15. The van der Waals surface area contributed by atoms with Gasteiger partial charge in [0.25, 0.3) is 5.91 Å². The van der Waals surface area contributed by atoms with Crippen molar-refractivity contribution in [3.63, 3.8) is 0 Å². The second-order valence-corrected chi connectivity index (χ2v) is 3.67. The largest absolute Gasteiger partial charge is 0.365 e. The van der Waals surface area contributed by atoms with Crippen LogP contribution in [0.1, 0.15) is 42.2 Å². The quantitative estimate of drug-likeness (QED) is 0.789. The molecule has 0 saturated carbocycles. The van der Waals surface area contributed by atoms with Gasteiger partial charge in [0, 0.05) is 14.8 Å². The maximum atomic E-state index is 11.6. The Balaban J connectivity index is 2.78. The first-order valence-corrected chi connectivity index (χ1v) is 5.14. The number of carbonyl (C=O) groups is 1. The average Bonchev–Trinajstić information content (AvgIpc) is 2.45. The third-order valence-corrected chi connectivity index (χ3v) is 2.51. The Kier molecular flexibility index (Phi) is 1.70. The molecule has 0 aromatic carbocycles. The first-order chi connectivity index (χ1) is 10.5. The first kappa shape index (κ1) is 6.26. The van der Waals surface area contributed by atoms with Crippen molar-refractivity contribution in [2.45, 2.75) is 20.1 Å². The minimum absolute atomic E-state index is 0.00810. The number of primary amides is 1. The molecule has 2 heterocycles. The van der Waals surface area contributed by atoms with E-state index in [1.807, 2.05) is 0 Å². The van der Waals surface area contributed by atoms with Gasteiger partial charge < -0.3 is 11.1 Å². The monoisotopic (exact) mass is 238 g/mol. The predicted molar refractivity (Wildman–Crippen MR) is 65.5 cm³/mol. The van der Waals surface area contributed by atoms with Gasteiger partial charge in [0.2, 0.25) is 0 Å². The molecule has 0 fully saturated rings. The van der Waals surface area contributed by atoms with Crippen LogP contribution in [0.3, 0.4) is 0 Å². The zero-order valence-electron chi connectivity index (χ0n) is 15.1. The van der Waals surface area contributed by atoms with Crippen molar-refractivity contribution in [2.75, 3.05) is 13.1 Å². The predicted octanol–water partition coefficient (Wildman–Crippen LogP) is 0.569. The Bertz CT molecular complexity index is 629.